The van der Waals surface area contributed by atoms with Gasteiger partial charge >= 0.3 is 0 Å². The van der Waals surface area contributed by atoms with Gasteiger partial charge in [0.2, 0.25) is 0 Å². The molecule has 0 bridgehead atoms. The van der Waals surface area contributed by atoms with Gasteiger partial charge in [0.1, 0.15) is 16.4 Å². The zero-order chi connectivity index (χ0) is 20.0. The van der Waals surface area contributed by atoms with Crippen molar-refractivity contribution in [1.29, 1.82) is 0 Å². The minimum atomic E-state index is -0.473. The van der Waals surface area contributed by atoms with E-state index in [-0.39, 0.29) is 11.3 Å². The van der Waals surface area contributed by atoms with Gasteiger partial charge in [-0.3, -0.25) is 9.79 Å². The summed E-state index contributed by atoms with van der Waals surface area (Å²) in [6.45, 7) is 15.4. The molecule has 6 heteroatoms. The van der Waals surface area contributed by atoms with Crippen molar-refractivity contribution >= 4 is 33.6 Å². The number of hydrogen-bond donors (Lipinski definition) is 0. The van der Waals surface area contributed by atoms with E-state index in [1.165, 1.54) is 6.07 Å². The fraction of sp³-hybridized carbons (Fsp3) is 0.273. The van der Waals surface area contributed by atoms with Crippen molar-refractivity contribution in [2.75, 3.05) is 0 Å². The second-order valence-electron chi connectivity index (χ2n) is 7.04. The summed E-state index contributed by atoms with van der Waals surface area (Å²) >= 11 is 1.55. The van der Waals surface area contributed by atoms with Crippen LogP contribution in [0, 0.1) is 20.4 Å². The van der Waals surface area contributed by atoms with E-state index in [9.17, 15) is 4.79 Å². The van der Waals surface area contributed by atoms with Crippen LogP contribution in [0.4, 0.5) is 0 Å². The molecule has 0 saturated carbocycles. The SMILES string of the molecule is [C-]#[N+]C1C(C)=NC(C)=C(c2nc(C)cs2)C1c1cccc2c(=O)cc(C)oc12. The summed E-state index contributed by atoms with van der Waals surface area (Å²) in [5, 5.41) is 3.38. The first-order chi connectivity index (χ1) is 13.4. The van der Waals surface area contributed by atoms with Gasteiger partial charge < -0.3 is 9.26 Å². The summed E-state index contributed by atoms with van der Waals surface area (Å²) in [5.41, 5.74) is 4.78. The molecule has 4 rings (SSSR count). The lowest BCUT2D eigenvalue weighted by atomic mass is 9.80. The second kappa shape index (κ2) is 6.84. The third kappa shape index (κ3) is 2.88. The molecule has 28 heavy (non-hydrogen) atoms. The van der Waals surface area contributed by atoms with E-state index in [0.717, 1.165) is 33.2 Å². The number of allylic oxidation sites excluding steroid dienone is 1. The van der Waals surface area contributed by atoms with Gasteiger partial charge in [0.25, 0.3) is 6.04 Å². The predicted molar refractivity (Wildman–Crippen MR) is 113 cm³/mol. The van der Waals surface area contributed by atoms with Crippen LogP contribution in [0.3, 0.4) is 0 Å². The van der Waals surface area contributed by atoms with E-state index in [1.54, 1.807) is 24.3 Å². The summed E-state index contributed by atoms with van der Waals surface area (Å²) in [6, 6.07) is 6.59. The lowest BCUT2D eigenvalue weighted by molar-refractivity contribution is 0.558. The Hall–Kier alpha value is -3.04. The summed E-state index contributed by atoms with van der Waals surface area (Å²) in [5.74, 6) is 0.257. The first-order valence-electron chi connectivity index (χ1n) is 8.99. The van der Waals surface area contributed by atoms with Crippen molar-refractivity contribution in [3.05, 3.63) is 79.0 Å². The molecule has 140 valence electrons. The molecule has 0 radical (unpaired) electrons. The number of hydrogen-bond acceptors (Lipinski definition) is 5. The smallest absolute Gasteiger partial charge is 0.272 e. The quantitative estimate of drug-likeness (QED) is 0.570. The number of aromatic nitrogens is 1. The van der Waals surface area contributed by atoms with Crippen LogP contribution < -0.4 is 5.43 Å². The van der Waals surface area contributed by atoms with E-state index >= 15 is 0 Å². The van der Waals surface area contributed by atoms with Crippen LogP contribution in [0.5, 0.6) is 0 Å². The van der Waals surface area contributed by atoms with Crippen molar-refractivity contribution in [2.45, 2.75) is 39.7 Å². The first kappa shape index (κ1) is 18.3. The molecule has 0 aliphatic carbocycles. The molecule has 2 aromatic heterocycles. The van der Waals surface area contributed by atoms with Crippen LogP contribution >= 0.6 is 11.3 Å². The van der Waals surface area contributed by atoms with E-state index in [4.69, 9.17) is 11.0 Å². The van der Waals surface area contributed by atoms with Gasteiger partial charge in [-0.05, 0) is 33.8 Å². The second-order valence-corrected chi connectivity index (χ2v) is 7.90. The molecule has 0 spiro atoms. The molecule has 1 aliphatic rings. The first-order valence-corrected chi connectivity index (χ1v) is 9.87. The van der Waals surface area contributed by atoms with Crippen LogP contribution in [-0.2, 0) is 0 Å². The molecule has 3 heterocycles. The predicted octanol–water partition coefficient (Wildman–Crippen LogP) is 5.14. The third-order valence-electron chi connectivity index (χ3n) is 5.02. The molecule has 0 amide bonds. The van der Waals surface area contributed by atoms with Crippen molar-refractivity contribution in [3.8, 4) is 0 Å². The Bertz CT molecular complexity index is 1260. The molecule has 3 aromatic rings. The van der Waals surface area contributed by atoms with Crippen molar-refractivity contribution in [3.63, 3.8) is 0 Å². The number of para-hydroxylation sites is 1. The van der Waals surface area contributed by atoms with E-state index in [1.807, 2.05) is 38.3 Å². The number of aryl methyl sites for hydroxylation is 2. The van der Waals surface area contributed by atoms with Gasteiger partial charge in [0.15, 0.2) is 5.43 Å². The average molecular weight is 389 g/mol. The minimum Gasteiger partial charge on any atom is -0.461 e. The Morgan fingerprint density at radius 3 is 2.68 bits per heavy atom. The number of nitrogens with zero attached hydrogens (tertiary/aromatic N) is 3. The molecular weight excluding hydrogens is 370 g/mol. The largest absolute Gasteiger partial charge is 0.461 e. The highest BCUT2D eigenvalue weighted by atomic mass is 32.1. The Labute approximate surface area is 166 Å². The molecule has 0 N–H and O–H groups in total. The van der Waals surface area contributed by atoms with Gasteiger partial charge in [-0.25, -0.2) is 11.6 Å². The normalized spacial score (nSPS) is 19.6. The van der Waals surface area contributed by atoms with Crippen LogP contribution in [0.15, 0.2) is 49.5 Å². The fourth-order valence-corrected chi connectivity index (χ4v) is 4.77. The lowest BCUT2D eigenvalue weighted by Gasteiger charge is -2.26. The summed E-state index contributed by atoms with van der Waals surface area (Å²) in [4.78, 5) is 25.7. The van der Waals surface area contributed by atoms with E-state index < -0.39 is 6.04 Å². The van der Waals surface area contributed by atoms with Crippen molar-refractivity contribution < 1.29 is 4.42 Å². The number of aliphatic imine (C=N–C) groups is 1. The van der Waals surface area contributed by atoms with Crippen molar-refractivity contribution in [2.24, 2.45) is 4.99 Å². The van der Waals surface area contributed by atoms with Gasteiger partial charge in [0.05, 0.1) is 17.0 Å². The van der Waals surface area contributed by atoms with Crippen molar-refractivity contribution in [1.82, 2.24) is 4.98 Å². The van der Waals surface area contributed by atoms with E-state index in [2.05, 4.69) is 14.8 Å². The Balaban J connectivity index is 2.06. The Morgan fingerprint density at radius 2 is 2.00 bits per heavy atom. The highest BCUT2D eigenvalue weighted by Gasteiger charge is 2.41. The summed E-state index contributed by atoms with van der Waals surface area (Å²) < 4.78 is 6.00. The molecular formula is C22H19N3O2S. The molecule has 5 nitrogen and oxygen atoms in total. The topological polar surface area (TPSA) is 59.8 Å². The molecule has 0 saturated heterocycles. The average Bonchev–Trinajstić information content (AvgIpc) is 3.06. The van der Waals surface area contributed by atoms with Crippen LogP contribution in [0.25, 0.3) is 21.4 Å². The molecule has 2 unspecified atom stereocenters. The fourth-order valence-electron chi connectivity index (χ4n) is 3.83. The van der Waals surface area contributed by atoms with Crippen LogP contribution in [0.1, 0.15) is 41.8 Å². The lowest BCUT2D eigenvalue weighted by Crippen LogP contribution is -2.28. The standard InChI is InChI=1S/C22H19N3O2S/c1-11-10-28-22(24-11)18-13(3)25-14(4)20(23-5)19(18)16-8-6-7-15-17(26)9-12(2)27-21(15)16/h6-10,19-20H,1-4H3. The third-order valence-corrected chi connectivity index (χ3v) is 6.01. The maximum absolute atomic E-state index is 12.5. The number of thiazole rings is 1. The molecule has 1 aliphatic heterocycles. The monoisotopic (exact) mass is 389 g/mol. The number of fused-ring (bicyclic) bond motifs is 1. The molecule has 2 atom stereocenters. The summed E-state index contributed by atoms with van der Waals surface area (Å²) in [6.07, 6.45) is 0. The highest BCUT2D eigenvalue weighted by Crippen LogP contribution is 2.44. The minimum absolute atomic E-state index is 0.0755. The maximum Gasteiger partial charge on any atom is 0.272 e. The number of rotatable bonds is 2. The summed E-state index contributed by atoms with van der Waals surface area (Å²) in [7, 11) is 0. The highest BCUT2D eigenvalue weighted by molar-refractivity contribution is 7.10. The zero-order valence-corrected chi connectivity index (χ0v) is 16.9. The van der Waals surface area contributed by atoms with Crippen LogP contribution in [0.2, 0.25) is 0 Å². The number of benzene rings is 1. The Kier molecular flexibility index (Phi) is 4.48. The van der Waals surface area contributed by atoms with Gasteiger partial charge in [-0.2, -0.15) is 0 Å². The Morgan fingerprint density at radius 1 is 1.21 bits per heavy atom. The van der Waals surface area contributed by atoms with Gasteiger partial charge in [0, 0.05) is 34.0 Å². The van der Waals surface area contributed by atoms with Crippen LogP contribution in [-0.4, -0.2) is 16.7 Å². The zero-order valence-electron chi connectivity index (χ0n) is 16.1. The van der Waals surface area contributed by atoms with Gasteiger partial charge in [-0.1, -0.05) is 12.1 Å². The van der Waals surface area contributed by atoms with E-state index in [0.29, 0.717) is 16.7 Å². The molecule has 0 fully saturated rings. The van der Waals surface area contributed by atoms with Gasteiger partial charge in [-0.15, -0.1) is 11.3 Å². The maximum atomic E-state index is 12.5. The molecule has 1 aromatic carbocycles.